The van der Waals surface area contributed by atoms with Crippen LogP contribution < -0.4 is 11.1 Å². The van der Waals surface area contributed by atoms with E-state index in [4.69, 9.17) is 5.73 Å². The maximum Gasteiger partial charge on any atom is 0.238 e. The van der Waals surface area contributed by atoms with Crippen molar-refractivity contribution in [3.05, 3.63) is 0 Å². The highest BCUT2D eigenvalue weighted by atomic mass is 16.1. The van der Waals surface area contributed by atoms with Crippen LogP contribution in [-0.4, -0.2) is 42.0 Å². The molecule has 0 aliphatic carbocycles. The van der Waals surface area contributed by atoms with Crippen molar-refractivity contribution in [1.29, 1.82) is 0 Å². The third-order valence-electron chi connectivity index (χ3n) is 2.68. The minimum atomic E-state index is -0.640. The molecular weight excluding hydrogens is 202 g/mol. The van der Waals surface area contributed by atoms with E-state index in [9.17, 15) is 4.79 Å². The molecule has 1 unspecified atom stereocenters. The van der Waals surface area contributed by atoms with Crippen LogP contribution in [0.5, 0.6) is 0 Å². The summed E-state index contributed by atoms with van der Waals surface area (Å²) in [7, 11) is 0. The molecule has 4 nitrogen and oxygen atoms in total. The first-order chi connectivity index (χ1) is 7.35. The lowest BCUT2D eigenvalue weighted by Gasteiger charge is -2.35. The number of rotatable bonds is 8. The van der Waals surface area contributed by atoms with Gasteiger partial charge in [0, 0.05) is 12.6 Å². The maximum absolute atomic E-state index is 11.5. The van der Waals surface area contributed by atoms with E-state index < -0.39 is 5.54 Å². The Morgan fingerprint density at radius 1 is 1.44 bits per heavy atom. The molecule has 0 aliphatic rings. The summed E-state index contributed by atoms with van der Waals surface area (Å²) < 4.78 is 0. The quantitative estimate of drug-likeness (QED) is 0.652. The Hall–Kier alpha value is -0.610. The second-order valence-corrected chi connectivity index (χ2v) is 4.86. The van der Waals surface area contributed by atoms with Crippen molar-refractivity contribution in [2.45, 2.75) is 52.6 Å². The Labute approximate surface area is 99.6 Å². The van der Waals surface area contributed by atoms with Gasteiger partial charge in [0.15, 0.2) is 0 Å². The second-order valence-electron chi connectivity index (χ2n) is 4.86. The van der Waals surface area contributed by atoms with Gasteiger partial charge in [0.25, 0.3) is 0 Å². The summed E-state index contributed by atoms with van der Waals surface area (Å²) in [5, 5.41) is 3.26. The summed E-state index contributed by atoms with van der Waals surface area (Å²) in [6.45, 7) is 12.8. The fourth-order valence-electron chi connectivity index (χ4n) is 1.94. The Morgan fingerprint density at radius 2 is 2.00 bits per heavy atom. The van der Waals surface area contributed by atoms with Crippen LogP contribution in [-0.2, 0) is 4.79 Å². The molecule has 1 amide bonds. The standard InChI is InChI=1S/C12H27N3O/c1-6-8-15(7-2)9-12(5,11(13)16)14-10(3)4/h10,14H,6-9H2,1-5H3,(H2,13,16). The van der Waals surface area contributed by atoms with Crippen LogP contribution in [0.2, 0.25) is 0 Å². The van der Waals surface area contributed by atoms with Crippen molar-refractivity contribution in [1.82, 2.24) is 10.2 Å². The van der Waals surface area contributed by atoms with E-state index >= 15 is 0 Å². The number of nitrogens with one attached hydrogen (secondary N) is 1. The summed E-state index contributed by atoms with van der Waals surface area (Å²) in [5.74, 6) is -0.282. The van der Waals surface area contributed by atoms with E-state index in [2.05, 4.69) is 24.1 Å². The normalized spacial score (nSPS) is 15.4. The number of nitrogens with zero attached hydrogens (tertiary/aromatic N) is 1. The summed E-state index contributed by atoms with van der Waals surface area (Å²) in [4.78, 5) is 13.8. The van der Waals surface area contributed by atoms with Crippen molar-refractivity contribution in [2.75, 3.05) is 19.6 Å². The predicted octanol–water partition coefficient (Wildman–Crippen LogP) is 0.960. The fourth-order valence-corrected chi connectivity index (χ4v) is 1.94. The van der Waals surface area contributed by atoms with Crippen LogP contribution in [0, 0.1) is 0 Å². The number of carbonyl (C=O) groups is 1. The van der Waals surface area contributed by atoms with Gasteiger partial charge in [0.1, 0.15) is 5.54 Å². The molecule has 4 heteroatoms. The summed E-state index contributed by atoms with van der Waals surface area (Å²) >= 11 is 0. The summed E-state index contributed by atoms with van der Waals surface area (Å²) in [6, 6.07) is 0.248. The number of hydrogen-bond acceptors (Lipinski definition) is 3. The van der Waals surface area contributed by atoms with Crippen LogP contribution in [0.15, 0.2) is 0 Å². The zero-order valence-electron chi connectivity index (χ0n) is 11.3. The second kappa shape index (κ2) is 6.86. The minimum absolute atomic E-state index is 0.248. The molecule has 0 heterocycles. The van der Waals surface area contributed by atoms with Crippen molar-refractivity contribution in [3.63, 3.8) is 0 Å². The topological polar surface area (TPSA) is 58.4 Å². The molecule has 96 valence electrons. The number of amides is 1. The summed E-state index contributed by atoms with van der Waals surface area (Å²) in [5.41, 5.74) is 4.85. The van der Waals surface area contributed by atoms with Gasteiger partial charge < -0.3 is 16.0 Å². The SMILES string of the molecule is CCCN(CC)CC(C)(NC(C)C)C(N)=O. The molecule has 0 saturated heterocycles. The predicted molar refractivity (Wildman–Crippen MR) is 68.3 cm³/mol. The Bertz CT molecular complexity index is 218. The molecule has 0 radical (unpaired) electrons. The van der Waals surface area contributed by atoms with Gasteiger partial charge in [-0.15, -0.1) is 0 Å². The van der Waals surface area contributed by atoms with Gasteiger partial charge in [-0.05, 0) is 40.3 Å². The van der Waals surface area contributed by atoms with Crippen LogP contribution in [0.3, 0.4) is 0 Å². The molecule has 0 aromatic heterocycles. The monoisotopic (exact) mass is 229 g/mol. The Balaban J connectivity index is 4.58. The van der Waals surface area contributed by atoms with E-state index in [1.807, 2.05) is 20.8 Å². The molecule has 16 heavy (non-hydrogen) atoms. The third kappa shape index (κ3) is 4.94. The van der Waals surface area contributed by atoms with Crippen LogP contribution in [0.1, 0.15) is 41.0 Å². The average molecular weight is 229 g/mol. The molecule has 0 spiro atoms. The number of likely N-dealkylation sites (N-methyl/N-ethyl adjacent to an activating group) is 1. The smallest absolute Gasteiger partial charge is 0.238 e. The van der Waals surface area contributed by atoms with Crippen LogP contribution in [0.25, 0.3) is 0 Å². The van der Waals surface area contributed by atoms with Crippen molar-refractivity contribution in [3.8, 4) is 0 Å². The van der Waals surface area contributed by atoms with Gasteiger partial charge >= 0.3 is 0 Å². The number of hydrogen-bond donors (Lipinski definition) is 2. The van der Waals surface area contributed by atoms with E-state index in [-0.39, 0.29) is 11.9 Å². The van der Waals surface area contributed by atoms with E-state index in [0.29, 0.717) is 6.54 Å². The molecule has 0 fully saturated rings. The van der Waals surface area contributed by atoms with E-state index in [0.717, 1.165) is 19.5 Å². The molecule has 0 aromatic carbocycles. The first-order valence-electron chi connectivity index (χ1n) is 6.15. The van der Waals surface area contributed by atoms with Crippen LogP contribution >= 0.6 is 0 Å². The lowest BCUT2D eigenvalue weighted by molar-refractivity contribution is -0.124. The Kier molecular flexibility index (Phi) is 6.60. The highest BCUT2D eigenvalue weighted by Gasteiger charge is 2.32. The molecule has 0 saturated carbocycles. The minimum Gasteiger partial charge on any atom is -0.368 e. The first kappa shape index (κ1) is 15.4. The molecule has 0 bridgehead atoms. The molecule has 3 N–H and O–H groups in total. The number of primary amides is 1. The van der Waals surface area contributed by atoms with E-state index in [1.54, 1.807) is 0 Å². The molecule has 0 aliphatic heterocycles. The van der Waals surface area contributed by atoms with E-state index in [1.165, 1.54) is 0 Å². The van der Waals surface area contributed by atoms with Crippen LogP contribution in [0.4, 0.5) is 0 Å². The van der Waals surface area contributed by atoms with Gasteiger partial charge in [0.2, 0.25) is 5.91 Å². The zero-order chi connectivity index (χ0) is 12.8. The fraction of sp³-hybridized carbons (Fsp3) is 0.917. The van der Waals surface area contributed by atoms with Crippen molar-refractivity contribution >= 4 is 5.91 Å². The van der Waals surface area contributed by atoms with Gasteiger partial charge in [-0.2, -0.15) is 0 Å². The highest BCUT2D eigenvalue weighted by Crippen LogP contribution is 2.08. The number of carbonyl (C=O) groups excluding carboxylic acids is 1. The lowest BCUT2D eigenvalue weighted by atomic mass is 9.99. The van der Waals surface area contributed by atoms with Gasteiger partial charge in [0.05, 0.1) is 0 Å². The third-order valence-corrected chi connectivity index (χ3v) is 2.68. The molecule has 1 atom stereocenters. The van der Waals surface area contributed by atoms with Crippen molar-refractivity contribution < 1.29 is 4.79 Å². The highest BCUT2D eigenvalue weighted by molar-refractivity contribution is 5.84. The maximum atomic E-state index is 11.5. The average Bonchev–Trinajstić information content (AvgIpc) is 2.15. The number of nitrogens with two attached hydrogens (primary N) is 1. The first-order valence-corrected chi connectivity index (χ1v) is 6.15. The van der Waals surface area contributed by atoms with Gasteiger partial charge in [-0.25, -0.2) is 0 Å². The molecular formula is C12H27N3O. The molecule has 0 rings (SSSR count). The summed E-state index contributed by atoms with van der Waals surface area (Å²) in [6.07, 6.45) is 1.09. The lowest BCUT2D eigenvalue weighted by Crippen LogP contribution is -2.61. The Morgan fingerprint density at radius 3 is 2.31 bits per heavy atom. The van der Waals surface area contributed by atoms with Gasteiger partial charge in [-0.1, -0.05) is 13.8 Å². The zero-order valence-corrected chi connectivity index (χ0v) is 11.3. The molecule has 0 aromatic rings. The van der Waals surface area contributed by atoms with Crippen molar-refractivity contribution in [2.24, 2.45) is 5.73 Å². The largest absolute Gasteiger partial charge is 0.368 e. The van der Waals surface area contributed by atoms with Gasteiger partial charge in [-0.3, -0.25) is 4.79 Å².